The highest BCUT2D eigenvalue weighted by molar-refractivity contribution is 5.97. The second-order valence-electron chi connectivity index (χ2n) is 8.78. The molecule has 6 heteroatoms. The smallest absolute Gasteiger partial charge is 0.275 e. The summed E-state index contributed by atoms with van der Waals surface area (Å²) in [5, 5.41) is 12.2. The van der Waals surface area contributed by atoms with E-state index in [0.717, 1.165) is 54.1 Å². The van der Waals surface area contributed by atoms with E-state index < -0.39 is 5.72 Å². The van der Waals surface area contributed by atoms with Gasteiger partial charge in [0, 0.05) is 18.1 Å². The molecule has 0 radical (unpaired) electrons. The first kappa shape index (κ1) is 22.0. The molecule has 1 N–H and O–H groups in total. The Morgan fingerprint density at radius 3 is 2.39 bits per heavy atom. The van der Waals surface area contributed by atoms with E-state index in [-0.39, 0.29) is 23.8 Å². The number of halogens is 1. The van der Waals surface area contributed by atoms with Crippen molar-refractivity contribution in [3.8, 4) is 22.6 Å². The first-order valence-corrected chi connectivity index (χ1v) is 11.4. The molecule has 1 atom stereocenters. The van der Waals surface area contributed by atoms with E-state index in [4.69, 9.17) is 9.47 Å². The summed E-state index contributed by atoms with van der Waals surface area (Å²) in [4.78, 5) is 2.12. The molecule has 3 heterocycles. The van der Waals surface area contributed by atoms with Crippen molar-refractivity contribution in [1.29, 1.82) is 0 Å². The Kier molecular flexibility index (Phi) is 5.89. The summed E-state index contributed by atoms with van der Waals surface area (Å²) in [5.74, 6) is 2.68. The summed E-state index contributed by atoms with van der Waals surface area (Å²) in [7, 11) is 0. The predicted molar refractivity (Wildman–Crippen MR) is 124 cm³/mol. The Hall–Kier alpha value is -2.83. The van der Waals surface area contributed by atoms with Crippen LogP contribution in [0.4, 0.5) is 5.69 Å². The van der Waals surface area contributed by atoms with Crippen LogP contribution in [0, 0.1) is 0 Å². The van der Waals surface area contributed by atoms with Crippen LogP contribution in [0.25, 0.3) is 11.1 Å². The van der Waals surface area contributed by atoms with Crippen LogP contribution in [0.1, 0.15) is 31.2 Å². The van der Waals surface area contributed by atoms with Crippen molar-refractivity contribution in [3.63, 3.8) is 0 Å². The van der Waals surface area contributed by atoms with Gasteiger partial charge in [-0.3, -0.25) is 4.58 Å². The molecular weight excluding hydrogens is 480 g/mol. The van der Waals surface area contributed by atoms with E-state index in [2.05, 4.69) is 45.9 Å². The molecule has 3 aromatic rings. The van der Waals surface area contributed by atoms with Crippen LogP contribution >= 0.6 is 0 Å². The minimum Gasteiger partial charge on any atom is -1.00 e. The molecule has 0 saturated carbocycles. The summed E-state index contributed by atoms with van der Waals surface area (Å²) in [5.41, 5.74) is 3.01. The van der Waals surface area contributed by atoms with Crippen molar-refractivity contribution in [2.24, 2.45) is 0 Å². The van der Waals surface area contributed by atoms with Gasteiger partial charge in [-0.25, -0.2) is 0 Å². The average molecular weight is 507 g/mol. The lowest BCUT2D eigenvalue weighted by Gasteiger charge is -2.29. The van der Waals surface area contributed by atoms with Crippen molar-refractivity contribution in [2.45, 2.75) is 31.4 Å². The summed E-state index contributed by atoms with van der Waals surface area (Å²) in [6.07, 6.45) is 4.47. The standard InChI is InChI=1S/C27H27N2O3.BrH/c30-27(22-12-10-21(11-13-22)20-7-3-1-4-8-20)18-28-16-6-2-5-9-26(28)29(27)23-14-15-24-25(17-23)32-19-31-24;/h1,3-4,7-8,10-15,17,30H,2,5-6,9,16,18-19H2;1H/q+1;/p-1. The third kappa shape index (κ3) is 3.81. The molecule has 1 unspecified atom stereocenters. The highest BCUT2D eigenvalue weighted by Crippen LogP contribution is 2.42. The number of nitrogens with zero attached hydrogens (tertiary/aromatic N) is 2. The molecule has 3 aliphatic rings. The predicted octanol–water partition coefficient (Wildman–Crippen LogP) is 1.74. The largest absolute Gasteiger partial charge is 1.00 e. The molecule has 0 aliphatic carbocycles. The van der Waals surface area contributed by atoms with Gasteiger partial charge in [0.05, 0.1) is 6.54 Å². The zero-order chi connectivity index (χ0) is 21.5. The Bertz CT molecular complexity index is 1180. The van der Waals surface area contributed by atoms with Gasteiger partial charge in [0.15, 0.2) is 18.0 Å². The molecule has 0 amide bonds. The van der Waals surface area contributed by atoms with Crippen LogP contribution in [-0.4, -0.2) is 35.4 Å². The molecule has 0 aromatic heterocycles. The van der Waals surface area contributed by atoms with Gasteiger partial charge in [-0.2, -0.15) is 4.90 Å². The lowest BCUT2D eigenvalue weighted by atomic mass is 9.96. The first-order chi connectivity index (χ1) is 15.7. The molecule has 3 aromatic carbocycles. The minimum atomic E-state index is -1.14. The summed E-state index contributed by atoms with van der Waals surface area (Å²) >= 11 is 0. The van der Waals surface area contributed by atoms with Crippen molar-refractivity contribution in [1.82, 2.24) is 0 Å². The van der Waals surface area contributed by atoms with Crippen LogP contribution in [0.5, 0.6) is 11.5 Å². The van der Waals surface area contributed by atoms with Gasteiger partial charge in [0.1, 0.15) is 5.69 Å². The van der Waals surface area contributed by atoms with E-state index in [1.54, 1.807) is 0 Å². The van der Waals surface area contributed by atoms with Gasteiger partial charge in [-0.05, 0) is 42.5 Å². The lowest BCUT2D eigenvalue weighted by molar-refractivity contribution is -0.534. The van der Waals surface area contributed by atoms with Crippen LogP contribution in [0.2, 0.25) is 0 Å². The summed E-state index contributed by atoms with van der Waals surface area (Å²) in [6, 6.07) is 24.6. The van der Waals surface area contributed by atoms with Crippen molar-refractivity contribution in [3.05, 3.63) is 78.4 Å². The quantitative estimate of drug-likeness (QED) is 0.549. The van der Waals surface area contributed by atoms with E-state index in [9.17, 15) is 5.11 Å². The van der Waals surface area contributed by atoms with E-state index in [1.165, 1.54) is 17.8 Å². The number of ether oxygens (including phenoxy) is 2. The van der Waals surface area contributed by atoms with Gasteiger partial charge < -0.3 is 31.6 Å². The van der Waals surface area contributed by atoms with Gasteiger partial charge in [0.25, 0.3) is 11.6 Å². The number of fused-ring (bicyclic) bond motifs is 1. The maximum absolute atomic E-state index is 12.2. The van der Waals surface area contributed by atoms with Crippen molar-refractivity contribution in [2.75, 3.05) is 24.8 Å². The number of aliphatic hydroxyl groups is 1. The van der Waals surface area contributed by atoms with Crippen LogP contribution in [-0.2, 0) is 5.72 Å². The molecule has 33 heavy (non-hydrogen) atoms. The summed E-state index contributed by atoms with van der Waals surface area (Å²) < 4.78 is 13.5. The molecule has 0 bridgehead atoms. The molecular formula is C27H27BrN2O3. The van der Waals surface area contributed by atoms with Crippen molar-refractivity contribution < 1.29 is 36.1 Å². The highest BCUT2D eigenvalue weighted by Gasteiger charge is 2.54. The zero-order valence-electron chi connectivity index (χ0n) is 18.4. The minimum absolute atomic E-state index is 0. The van der Waals surface area contributed by atoms with Gasteiger partial charge in [-0.1, -0.05) is 54.6 Å². The van der Waals surface area contributed by atoms with E-state index in [0.29, 0.717) is 6.54 Å². The number of hydrogen-bond donors (Lipinski definition) is 1. The fourth-order valence-electron chi connectivity index (χ4n) is 5.19. The van der Waals surface area contributed by atoms with E-state index in [1.807, 2.05) is 36.4 Å². The van der Waals surface area contributed by atoms with Gasteiger partial charge in [0.2, 0.25) is 6.79 Å². The number of amidine groups is 1. The maximum Gasteiger partial charge on any atom is 0.275 e. The second kappa shape index (κ2) is 8.84. The highest BCUT2D eigenvalue weighted by atomic mass is 79.9. The fraction of sp³-hybridized carbons (Fsp3) is 0.296. The lowest BCUT2D eigenvalue weighted by Crippen LogP contribution is -3.00. The van der Waals surface area contributed by atoms with Crippen molar-refractivity contribution >= 4 is 11.5 Å². The molecule has 3 aliphatic heterocycles. The average Bonchev–Trinajstić information content (AvgIpc) is 3.34. The molecule has 0 fully saturated rings. The van der Waals surface area contributed by atoms with E-state index >= 15 is 0 Å². The zero-order valence-corrected chi connectivity index (χ0v) is 20.0. The normalized spacial score (nSPS) is 21.4. The number of hydrogen-bond acceptors (Lipinski definition) is 4. The number of rotatable bonds is 3. The van der Waals surface area contributed by atoms with Gasteiger partial charge in [-0.15, -0.1) is 0 Å². The van der Waals surface area contributed by atoms with Crippen LogP contribution in [0.15, 0.2) is 72.8 Å². The molecule has 5 nitrogen and oxygen atoms in total. The molecule has 170 valence electrons. The SMILES string of the molecule is OC1(c2ccc(-c3ccccc3)cc2)C[N+]2=C(CCCCC2)N1c1ccc2c(c1)OCO2.[Br-]. The number of benzene rings is 3. The fourth-order valence-corrected chi connectivity index (χ4v) is 5.19. The third-order valence-corrected chi connectivity index (χ3v) is 6.80. The first-order valence-electron chi connectivity index (χ1n) is 11.4. The number of anilines is 1. The topological polar surface area (TPSA) is 44.9 Å². The second-order valence-corrected chi connectivity index (χ2v) is 8.78. The van der Waals surface area contributed by atoms with Crippen LogP contribution in [0.3, 0.4) is 0 Å². The van der Waals surface area contributed by atoms with Crippen LogP contribution < -0.4 is 31.4 Å². The molecule has 0 spiro atoms. The Morgan fingerprint density at radius 1 is 0.818 bits per heavy atom. The molecule has 6 rings (SSSR count). The third-order valence-electron chi connectivity index (χ3n) is 6.80. The monoisotopic (exact) mass is 506 g/mol. The maximum atomic E-state index is 12.2. The Morgan fingerprint density at radius 2 is 1.58 bits per heavy atom. The Labute approximate surface area is 204 Å². The van der Waals surface area contributed by atoms with Gasteiger partial charge >= 0.3 is 0 Å². The Balaban J connectivity index is 0.00000228. The summed E-state index contributed by atoms with van der Waals surface area (Å²) in [6.45, 7) is 1.77. The molecule has 0 saturated heterocycles.